The summed E-state index contributed by atoms with van der Waals surface area (Å²) >= 11 is 7.60. The summed E-state index contributed by atoms with van der Waals surface area (Å²) < 4.78 is 0.851. The van der Waals surface area contributed by atoms with Crippen LogP contribution in [0.4, 0.5) is 0 Å². The molecule has 1 nitrogen and oxygen atoms in total. The fourth-order valence-electron chi connectivity index (χ4n) is 2.25. The number of thiophene rings is 1. The Morgan fingerprint density at radius 1 is 1.05 bits per heavy atom. The smallest absolute Gasteiger partial charge is 0.0931 e. The molecule has 2 aromatic rings. The molecule has 0 saturated carbocycles. The van der Waals surface area contributed by atoms with Gasteiger partial charge < -0.3 is 5.32 Å². The van der Waals surface area contributed by atoms with Crippen LogP contribution in [0.1, 0.15) is 44.0 Å². The van der Waals surface area contributed by atoms with Crippen molar-refractivity contribution < 1.29 is 0 Å². The lowest BCUT2D eigenvalue weighted by Gasteiger charge is -2.26. The lowest BCUT2D eigenvalue weighted by molar-refractivity contribution is 0.375. The molecule has 1 aromatic heterocycles. The number of nitrogens with one attached hydrogen (secondary N) is 1. The van der Waals surface area contributed by atoms with Crippen molar-refractivity contribution in [2.45, 2.75) is 32.9 Å². The molecule has 0 aliphatic rings. The van der Waals surface area contributed by atoms with Crippen molar-refractivity contribution in [1.82, 2.24) is 5.32 Å². The van der Waals surface area contributed by atoms with E-state index in [9.17, 15) is 0 Å². The number of hydrogen-bond donors (Lipinski definition) is 1. The summed E-state index contributed by atoms with van der Waals surface area (Å²) in [6.45, 7) is 6.69. The van der Waals surface area contributed by atoms with Crippen LogP contribution in [-0.4, -0.2) is 0 Å². The summed E-state index contributed by atoms with van der Waals surface area (Å²) in [6.07, 6.45) is 0. The predicted molar refractivity (Wildman–Crippen MR) is 84.9 cm³/mol. The van der Waals surface area contributed by atoms with E-state index in [4.69, 9.17) is 11.6 Å². The van der Waals surface area contributed by atoms with Gasteiger partial charge in [0.1, 0.15) is 0 Å². The highest BCUT2D eigenvalue weighted by Crippen LogP contribution is 2.29. The standard InChI is InChI=1S/C16H20ClNS/c1-11(2)16(13-7-5-4-6-8-13)18-12(3)14-9-15(17)19-10-14/h4-12,16,18H,1-3H3. The van der Waals surface area contributed by atoms with Crippen molar-refractivity contribution >= 4 is 22.9 Å². The molecule has 0 fully saturated rings. The molecule has 3 heteroatoms. The van der Waals surface area contributed by atoms with Gasteiger partial charge >= 0.3 is 0 Å². The number of rotatable bonds is 5. The minimum Gasteiger partial charge on any atom is -0.303 e. The van der Waals surface area contributed by atoms with Gasteiger partial charge in [0.2, 0.25) is 0 Å². The topological polar surface area (TPSA) is 12.0 Å². The van der Waals surface area contributed by atoms with E-state index in [1.54, 1.807) is 11.3 Å². The Bertz CT molecular complexity index is 506. The molecule has 2 atom stereocenters. The first-order valence-corrected chi connectivity index (χ1v) is 7.88. The molecule has 1 N–H and O–H groups in total. The summed E-state index contributed by atoms with van der Waals surface area (Å²) in [6, 6.07) is 13.3. The molecule has 1 heterocycles. The van der Waals surface area contributed by atoms with Crippen LogP contribution in [0.2, 0.25) is 4.34 Å². The Kier molecular flexibility index (Phi) is 5.03. The minimum atomic E-state index is 0.302. The molecule has 0 saturated heterocycles. The van der Waals surface area contributed by atoms with Gasteiger partial charge in [-0.25, -0.2) is 0 Å². The second-order valence-corrected chi connectivity index (χ2v) is 6.75. The molecule has 0 aliphatic carbocycles. The molecule has 1 aromatic carbocycles. The van der Waals surface area contributed by atoms with E-state index in [2.05, 4.69) is 61.8 Å². The first kappa shape index (κ1) is 14.6. The van der Waals surface area contributed by atoms with Crippen molar-refractivity contribution in [3.8, 4) is 0 Å². The van der Waals surface area contributed by atoms with Gasteiger partial charge in [0.15, 0.2) is 0 Å². The quantitative estimate of drug-likeness (QED) is 0.773. The Hall–Kier alpha value is -0.830. The fraction of sp³-hybridized carbons (Fsp3) is 0.375. The van der Waals surface area contributed by atoms with Crippen molar-refractivity contribution in [3.05, 3.63) is 57.2 Å². The second kappa shape index (κ2) is 6.56. The Morgan fingerprint density at radius 2 is 1.74 bits per heavy atom. The molecule has 19 heavy (non-hydrogen) atoms. The molecule has 0 aliphatic heterocycles. The van der Waals surface area contributed by atoms with E-state index in [0.29, 0.717) is 18.0 Å². The van der Waals surface area contributed by atoms with Crippen LogP contribution in [0.25, 0.3) is 0 Å². The first-order chi connectivity index (χ1) is 9.08. The largest absolute Gasteiger partial charge is 0.303 e. The van der Waals surface area contributed by atoms with E-state index in [1.165, 1.54) is 11.1 Å². The van der Waals surface area contributed by atoms with Crippen LogP contribution in [0, 0.1) is 5.92 Å². The highest BCUT2D eigenvalue weighted by atomic mass is 35.5. The van der Waals surface area contributed by atoms with Crippen LogP contribution < -0.4 is 5.32 Å². The molecule has 2 unspecified atom stereocenters. The zero-order valence-corrected chi connectivity index (χ0v) is 13.1. The van der Waals surface area contributed by atoms with Gasteiger partial charge in [-0.05, 0) is 35.4 Å². The van der Waals surface area contributed by atoms with E-state index < -0.39 is 0 Å². The molecule has 0 spiro atoms. The zero-order valence-electron chi connectivity index (χ0n) is 11.6. The summed E-state index contributed by atoms with van der Waals surface area (Å²) in [5.74, 6) is 0.541. The molecule has 0 amide bonds. The van der Waals surface area contributed by atoms with Gasteiger partial charge in [-0.1, -0.05) is 55.8 Å². The van der Waals surface area contributed by atoms with Crippen LogP contribution in [-0.2, 0) is 0 Å². The third-order valence-corrected chi connectivity index (χ3v) is 4.45. The third kappa shape index (κ3) is 3.82. The van der Waals surface area contributed by atoms with E-state index in [0.717, 1.165) is 4.34 Å². The Labute approximate surface area is 124 Å². The average Bonchev–Trinajstić information content (AvgIpc) is 2.83. The minimum absolute atomic E-state index is 0.302. The van der Waals surface area contributed by atoms with Gasteiger partial charge in [-0.15, -0.1) is 11.3 Å². The van der Waals surface area contributed by atoms with Gasteiger partial charge in [0, 0.05) is 12.1 Å². The van der Waals surface area contributed by atoms with Crippen LogP contribution >= 0.6 is 22.9 Å². The summed E-state index contributed by atoms with van der Waals surface area (Å²) in [4.78, 5) is 0. The molecule has 2 rings (SSSR count). The molecule has 0 radical (unpaired) electrons. The summed E-state index contributed by atoms with van der Waals surface area (Å²) in [5, 5.41) is 5.84. The summed E-state index contributed by atoms with van der Waals surface area (Å²) in [5.41, 5.74) is 2.60. The van der Waals surface area contributed by atoms with Crippen LogP contribution in [0.15, 0.2) is 41.8 Å². The molecule has 0 bridgehead atoms. The van der Waals surface area contributed by atoms with Gasteiger partial charge in [0.25, 0.3) is 0 Å². The Morgan fingerprint density at radius 3 is 2.26 bits per heavy atom. The molecule has 102 valence electrons. The van der Waals surface area contributed by atoms with Crippen molar-refractivity contribution in [2.75, 3.05) is 0 Å². The monoisotopic (exact) mass is 293 g/mol. The van der Waals surface area contributed by atoms with E-state index >= 15 is 0 Å². The van der Waals surface area contributed by atoms with Crippen molar-refractivity contribution in [2.24, 2.45) is 5.92 Å². The van der Waals surface area contributed by atoms with E-state index in [1.807, 2.05) is 6.07 Å². The van der Waals surface area contributed by atoms with Gasteiger partial charge in [-0.2, -0.15) is 0 Å². The number of hydrogen-bond acceptors (Lipinski definition) is 2. The van der Waals surface area contributed by atoms with Gasteiger partial charge in [-0.3, -0.25) is 0 Å². The Balaban J connectivity index is 2.13. The average molecular weight is 294 g/mol. The highest BCUT2D eigenvalue weighted by Gasteiger charge is 2.19. The number of benzene rings is 1. The maximum atomic E-state index is 6.01. The lowest BCUT2D eigenvalue weighted by Crippen LogP contribution is -2.28. The normalized spacial score (nSPS) is 14.6. The van der Waals surface area contributed by atoms with Crippen LogP contribution in [0.3, 0.4) is 0 Å². The maximum absolute atomic E-state index is 6.01. The van der Waals surface area contributed by atoms with Gasteiger partial charge in [0.05, 0.1) is 4.34 Å². The summed E-state index contributed by atoms with van der Waals surface area (Å²) in [7, 11) is 0. The number of halogens is 1. The maximum Gasteiger partial charge on any atom is 0.0931 e. The fourth-order valence-corrected chi connectivity index (χ4v) is 3.23. The van der Waals surface area contributed by atoms with E-state index in [-0.39, 0.29) is 0 Å². The first-order valence-electron chi connectivity index (χ1n) is 6.63. The predicted octanol–water partition coefficient (Wildman–Crippen LogP) is 5.45. The molecular formula is C16H20ClNS. The SMILES string of the molecule is CC(NC(c1ccccc1)C(C)C)c1csc(Cl)c1. The third-order valence-electron chi connectivity index (χ3n) is 3.34. The van der Waals surface area contributed by atoms with Crippen molar-refractivity contribution in [3.63, 3.8) is 0 Å². The van der Waals surface area contributed by atoms with Crippen LogP contribution in [0.5, 0.6) is 0 Å². The highest BCUT2D eigenvalue weighted by molar-refractivity contribution is 7.14. The van der Waals surface area contributed by atoms with Crippen molar-refractivity contribution in [1.29, 1.82) is 0 Å². The second-order valence-electron chi connectivity index (χ2n) is 5.20. The lowest BCUT2D eigenvalue weighted by atomic mass is 9.95. The zero-order chi connectivity index (χ0) is 13.8. The molecular weight excluding hydrogens is 274 g/mol.